The van der Waals surface area contributed by atoms with Gasteiger partial charge in [0, 0.05) is 37.5 Å². The number of nitrogens with two attached hydrogens (primary N) is 1. The number of carbonyl (C=O) groups excluding carboxylic acids is 1. The minimum atomic E-state index is -0.685. The molecule has 0 saturated carbocycles. The Morgan fingerprint density at radius 1 is 1.31 bits per heavy atom. The van der Waals surface area contributed by atoms with E-state index < -0.39 is 11.6 Å². The molecule has 1 aliphatic heterocycles. The number of hydrogen-bond acceptors (Lipinski definition) is 4. The van der Waals surface area contributed by atoms with E-state index in [2.05, 4.69) is 10.2 Å². The minimum Gasteiger partial charge on any atom is -0.373 e. The lowest BCUT2D eigenvalue weighted by atomic mass is 10.1. The summed E-state index contributed by atoms with van der Waals surface area (Å²) in [6.07, 6.45) is 2.66. The van der Waals surface area contributed by atoms with Crippen molar-refractivity contribution < 1.29 is 18.3 Å². The Hall–Kier alpha value is -2.77. The molecule has 29 heavy (non-hydrogen) atoms. The van der Waals surface area contributed by atoms with Gasteiger partial charge >= 0.3 is 0 Å². The van der Waals surface area contributed by atoms with E-state index in [1.165, 1.54) is 12.2 Å². The molecule has 1 amide bonds. The Bertz CT molecular complexity index is 868. The maximum atomic E-state index is 13.2. The Kier molecular flexibility index (Phi) is 6.95. The molecule has 2 aromatic rings. The Morgan fingerprint density at radius 3 is 2.79 bits per heavy atom. The van der Waals surface area contributed by atoms with E-state index in [0.717, 1.165) is 42.5 Å². The van der Waals surface area contributed by atoms with Gasteiger partial charge in [-0.2, -0.15) is 0 Å². The number of carbonyl (C=O) groups is 1. The van der Waals surface area contributed by atoms with Gasteiger partial charge in [-0.25, -0.2) is 8.78 Å². The predicted octanol–water partition coefficient (Wildman–Crippen LogP) is 3.02. The summed E-state index contributed by atoms with van der Waals surface area (Å²) < 4.78 is 32.1. The second-order valence-corrected chi connectivity index (χ2v) is 7.04. The molecule has 3 N–H and O–H groups in total. The summed E-state index contributed by atoms with van der Waals surface area (Å²) in [5, 5.41) is 2.87. The zero-order valence-electron chi connectivity index (χ0n) is 16.3. The smallest absolute Gasteiger partial charge is 0.244 e. The monoisotopic (exact) mass is 401 g/mol. The number of halogens is 2. The number of anilines is 1. The molecule has 1 saturated heterocycles. The van der Waals surface area contributed by atoms with Crippen LogP contribution in [0.25, 0.3) is 6.08 Å². The molecular formula is C22H25F2N3O2. The van der Waals surface area contributed by atoms with Crippen molar-refractivity contribution in [3.63, 3.8) is 0 Å². The molecule has 2 aromatic carbocycles. The van der Waals surface area contributed by atoms with Crippen molar-refractivity contribution in [2.45, 2.75) is 19.1 Å². The minimum absolute atomic E-state index is 0.0160. The van der Waals surface area contributed by atoms with Crippen LogP contribution in [0.1, 0.15) is 24.1 Å². The van der Waals surface area contributed by atoms with Crippen molar-refractivity contribution in [1.29, 1.82) is 0 Å². The average Bonchev–Trinajstić information content (AvgIpc) is 2.71. The first-order chi connectivity index (χ1) is 13.9. The summed E-state index contributed by atoms with van der Waals surface area (Å²) >= 11 is 0. The second-order valence-electron chi connectivity index (χ2n) is 7.04. The maximum absolute atomic E-state index is 13.2. The zero-order chi connectivity index (χ0) is 20.8. The molecule has 3 rings (SSSR count). The van der Waals surface area contributed by atoms with Gasteiger partial charge in [-0.3, -0.25) is 4.79 Å². The highest BCUT2D eigenvalue weighted by Crippen LogP contribution is 2.22. The molecular weight excluding hydrogens is 376 g/mol. The standard InChI is InChI=1S/C22H25F2N3O2/c1-15(26-22(28)6-5-16-9-18(23)12-19(24)10-16)17-3-2-4-20(11-17)27-7-8-29-21(13-25)14-27/h2-6,9-12,15,21H,7-8,13-14,25H2,1H3,(H,26,28). The van der Waals surface area contributed by atoms with Crippen LogP contribution < -0.4 is 16.0 Å². The van der Waals surface area contributed by atoms with E-state index >= 15 is 0 Å². The quantitative estimate of drug-likeness (QED) is 0.731. The number of rotatable bonds is 6. The summed E-state index contributed by atoms with van der Waals surface area (Å²) in [4.78, 5) is 14.4. The third-order valence-electron chi connectivity index (χ3n) is 4.81. The van der Waals surface area contributed by atoms with E-state index in [1.54, 1.807) is 0 Å². The number of amides is 1. The van der Waals surface area contributed by atoms with Crippen molar-refractivity contribution in [3.8, 4) is 0 Å². The lowest BCUT2D eigenvalue weighted by molar-refractivity contribution is -0.117. The van der Waals surface area contributed by atoms with Gasteiger partial charge in [0.15, 0.2) is 0 Å². The summed E-state index contributed by atoms with van der Waals surface area (Å²) in [6.45, 7) is 4.50. The lowest BCUT2D eigenvalue weighted by Crippen LogP contribution is -2.45. The molecule has 1 heterocycles. The summed E-state index contributed by atoms with van der Waals surface area (Å²) in [5.74, 6) is -1.72. The average molecular weight is 401 g/mol. The number of nitrogens with zero attached hydrogens (tertiary/aromatic N) is 1. The highest BCUT2D eigenvalue weighted by molar-refractivity contribution is 5.92. The third kappa shape index (κ3) is 5.85. The topological polar surface area (TPSA) is 67.6 Å². The first-order valence-corrected chi connectivity index (χ1v) is 9.56. The number of hydrogen-bond donors (Lipinski definition) is 2. The molecule has 0 spiro atoms. The molecule has 2 unspecified atom stereocenters. The molecule has 154 valence electrons. The Balaban J connectivity index is 1.63. The van der Waals surface area contributed by atoms with Crippen molar-refractivity contribution in [2.24, 2.45) is 5.73 Å². The molecule has 7 heteroatoms. The fourth-order valence-electron chi connectivity index (χ4n) is 3.28. The van der Waals surface area contributed by atoms with Crippen molar-refractivity contribution in [3.05, 3.63) is 71.3 Å². The van der Waals surface area contributed by atoms with Gasteiger partial charge in [-0.1, -0.05) is 12.1 Å². The summed E-state index contributed by atoms with van der Waals surface area (Å²) in [6, 6.07) is 10.8. The molecule has 2 atom stereocenters. The predicted molar refractivity (Wildman–Crippen MR) is 109 cm³/mol. The molecule has 1 aliphatic rings. The first kappa shape index (κ1) is 21.0. The van der Waals surface area contributed by atoms with Gasteiger partial charge in [0.25, 0.3) is 0 Å². The van der Waals surface area contributed by atoms with Gasteiger partial charge in [-0.15, -0.1) is 0 Å². The Labute approximate surface area is 169 Å². The van der Waals surface area contributed by atoms with E-state index in [9.17, 15) is 13.6 Å². The normalized spacial score (nSPS) is 18.1. The lowest BCUT2D eigenvalue weighted by Gasteiger charge is -2.34. The Morgan fingerprint density at radius 2 is 2.07 bits per heavy atom. The zero-order valence-corrected chi connectivity index (χ0v) is 16.3. The van der Waals surface area contributed by atoms with Crippen LogP contribution in [-0.2, 0) is 9.53 Å². The van der Waals surface area contributed by atoms with E-state index in [1.807, 2.05) is 31.2 Å². The SMILES string of the molecule is CC(NC(=O)C=Cc1cc(F)cc(F)c1)c1cccc(N2CCOC(CN)C2)c1. The molecule has 5 nitrogen and oxygen atoms in total. The molecule has 0 radical (unpaired) electrons. The van der Waals surface area contributed by atoms with Crippen LogP contribution in [0, 0.1) is 11.6 Å². The van der Waals surface area contributed by atoms with E-state index in [4.69, 9.17) is 10.5 Å². The fraction of sp³-hybridized carbons (Fsp3) is 0.318. The number of nitrogens with one attached hydrogen (secondary N) is 1. The number of ether oxygens (including phenoxy) is 1. The van der Waals surface area contributed by atoms with Crippen LogP contribution in [0.3, 0.4) is 0 Å². The van der Waals surface area contributed by atoms with Crippen LogP contribution in [0.15, 0.2) is 48.5 Å². The molecule has 1 fully saturated rings. The largest absolute Gasteiger partial charge is 0.373 e. The van der Waals surface area contributed by atoms with Gasteiger partial charge in [0.05, 0.1) is 18.8 Å². The van der Waals surface area contributed by atoms with Gasteiger partial charge in [0.1, 0.15) is 11.6 Å². The summed E-state index contributed by atoms with van der Waals surface area (Å²) in [5.41, 5.74) is 8.01. The van der Waals surface area contributed by atoms with Crippen LogP contribution in [0.2, 0.25) is 0 Å². The van der Waals surface area contributed by atoms with Crippen molar-refractivity contribution in [2.75, 3.05) is 31.1 Å². The van der Waals surface area contributed by atoms with Crippen LogP contribution >= 0.6 is 0 Å². The highest BCUT2D eigenvalue weighted by Gasteiger charge is 2.20. The van der Waals surface area contributed by atoms with E-state index in [0.29, 0.717) is 13.2 Å². The molecule has 0 aliphatic carbocycles. The highest BCUT2D eigenvalue weighted by atomic mass is 19.1. The van der Waals surface area contributed by atoms with Crippen molar-refractivity contribution in [1.82, 2.24) is 5.32 Å². The van der Waals surface area contributed by atoms with Crippen molar-refractivity contribution >= 4 is 17.7 Å². The molecule has 0 bridgehead atoms. The van der Waals surface area contributed by atoms with Gasteiger partial charge in [0.2, 0.25) is 5.91 Å². The third-order valence-corrected chi connectivity index (χ3v) is 4.81. The van der Waals surface area contributed by atoms with Crippen LogP contribution in [-0.4, -0.2) is 38.3 Å². The van der Waals surface area contributed by atoms with Gasteiger partial charge in [-0.05, 0) is 48.4 Å². The second kappa shape index (κ2) is 9.62. The first-order valence-electron chi connectivity index (χ1n) is 9.56. The van der Waals surface area contributed by atoms with E-state index in [-0.39, 0.29) is 23.6 Å². The van der Waals surface area contributed by atoms with Crippen LogP contribution in [0.4, 0.5) is 14.5 Å². The van der Waals surface area contributed by atoms with Crippen LogP contribution in [0.5, 0.6) is 0 Å². The maximum Gasteiger partial charge on any atom is 0.244 e. The number of benzene rings is 2. The van der Waals surface area contributed by atoms with Gasteiger partial charge < -0.3 is 20.7 Å². The summed E-state index contributed by atoms with van der Waals surface area (Å²) in [7, 11) is 0. The fourth-order valence-corrected chi connectivity index (χ4v) is 3.28. The number of morpholine rings is 1. The molecule has 0 aromatic heterocycles.